The molecular formula is C16H25N3O. The van der Waals surface area contributed by atoms with Crippen molar-refractivity contribution in [1.82, 2.24) is 14.9 Å². The average Bonchev–Trinajstić information content (AvgIpc) is 2.75. The summed E-state index contributed by atoms with van der Waals surface area (Å²) < 4.78 is 7.42. The van der Waals surface area contributed by atoms with Crippen LogP contribution in [0, 0.1) is 5.92 Å². The molecule has 1 aromatic carbocycles. The zero-order valence-corrected chi connectivity index (χ0v) is 12.9. The number of hydrogen-bond donors (Lipinski definition) is 1. The Morgan fingerprint density at radius 2 is 2.10 bits per heavy atom. The molecule has 0 aliphatic rings. The smallest absolute Gasteiger partial charge is 0.111 e. The predicted octanol–water partition coefficient (Wildman–Crippen LogP) is 2.38. The quantitative estimate of drug-likeness (QED) is 0.843. The van der Waals surface area contributed by atoms with E-state index in [1.807, 2.05) is 13.1 Å². The highest BCUT2D eigenvalue weighted by Gasteiger charge is 2.16. The molecule has 110 valence electrons. The van der Waals surface area contributed by atoms with Crippen LogP contribution in [0.15, 0.2) is 24.3 Å². The number of aromatic nitrogens is 2. The van der Waals surface area contributed by atoms with Crippen molar-refractivity contribution in [2.75, 3.05) is 20.8 Å². The van der Waals surface area contributed by atoms with E-state index in [9.17, 15) is 0 Å². The van der Waals surface area contributed by atoms with Crippen LogP contribution in [-0.4, -0.2) is 36.4 Å². The van der Waals surface area contributed by atoms with E-state index >= 15 is 0 Å². The van der Waals surface area contributed by atoms with Gasteiger partial charge in [-0.2, -0.15) is 0 Å². The number of benzene rings is 1. The van der Waals surface area contributed by atoms with E-state index in [0.29, 0.717) is 12.0 Å². The lowest BCUT2D eigenvalue weighted by Gasteiger charge is -2.20. The minimum absolute atomic E-state index is 0.427. The minimum atomic E-state index is 0.427. The van der Waals surface area contributed by atoms with E-state index in [1.54, 1.807) is 7.11 Å². The molecule has 1 aromatic heterocycles. The molecule has 0 amide bonds. The first kappa shape index (κ1) is 15.0. The number of ether oxygens (including phenoxy) is 1. The summed E-state index contributed by atoms with van der Waals surface area (Å²) in [5.74, 6) is 1.68. The van der Waals surface area contributed by atoms with Crippen molar-refractivity contribution < 1.29 is 4.74 Å². The van der Waals surface area contributed by atoms with Crippen LogP contribution < -0.4 is 5.32 Å². The molecule has 0 spiro atoms. The first-order chi connectivity index (χ1) is 9.65. The van der Waals surface area contributed by atoms with Gasteiger partial charge in [-0.3, -0.25) is 0 Å². The van der Waals surface area contributed by atoms with Crippen LogP contribution >= 0.6 is 0 Å². The number of aryl methyl sites for hydroxylation is 1. The van der Waals surface area contributed by atoms with Gasteiger partial charge in [0.05, 0.1) is 11.0 Å². The summed E-state index contributed by atoms with van der Waals surface area (Å²) in [5, 5.41) is 3.40. The van der Waals surface area contributed by atoms with Gasteiger partial charge >= 0.3 is 0 Å². The Kier molecular flexibility index (Phi) is 5.15. The second-order valence-electron chi connectivity index (χ2n) is 5.56. The molecule has 0 radical (unpaired) electrons. The molecule has 1 N–H and O–H groups in total. The van der Waals surface area contributed by atoms with Crippen molar-refractivity contribution in [3.63, 3.8) is 0 Å². The lowest BCUT2D eigenvalue weighted by Crippen LogP contribution is -2.31. The van der Waals surface area contributed by atoms with Gasteiger partial charge in [-0.1, -0.05) is 19.1 Å². The second-order valence-corrected chi connectivity index (χ2v) is 5.56. The Morgan fingerprint density at radius 3 is 2.75 bits per heavy atom. The number of nitrogens with zero attached hydrogens (tertiary/aromatic N) is 2. The van der Waals surface area contributed by atoms with Crippen molar-refractivity contribution in [2.24, 2.45) is 13.0 Å². The molecule has 0 fully saturated rings. The number of para-hydroxylation sites is 2. The monoisotopic (exact) mass is 275 g/mol. The summed E-state index contributed by atoms with van der Waals surface area (Å²) in [6.45, 7) is 3.03. The summed E-state index contributed by atoms with van der Waals surface area (Å²) in [5.41, 5.74) is 2.27. The normalized spacial score (nSPS) is 14.6. The van der Waals surface area contributed by atoms with Crippen LogP contribution in [0.3, 0.4) is 0 Å². The van der Waals surface area contributed by atoms with Gasteiger partial charge in [-0.25, -0.2) is 4.98 Å². The molecule has 2 unspecified atom stereocenters. The highest BCUT2D eigenvalue weighted by atomic mass is 16.5. The van der Waals surface area contributed by atoms with E-state index in [0.717, 1.165) is 30.8 Å². The van der Waals surface area contributed by atoms with Gasteiger partial charge in [0.1, 0.15) is 5.82 Å². The Labute approximate surface area is 121 Å². The summed E-state index contributed by atoms with van der Waals surface area (Å²) in [4.78, 5) is 4.74. The van der Waals surface area contributed by atoms with E-state index in [4.69, 9.17) is 9.72 Å². The highest BCUT2D eigenvalue weighted by molar-refractivity contribution is 5.75. The van der Waals surface area contributed by atoms with Crippen LogP contribution in [0.5, 0.6) is 0 Å². The molecule has 0 saturated carbocycles. The molecule has 2 aromatic rings. The molecule has 2 atom stereocenters. The number of fused-ring (bicyclic) bond motifs is 1. The summed E-state index contributed by atoms with van der Waals surface area (Å²) >= 11 is 0. The van der Waals surface area contributed by atoms with Gasteiger partial charge in [0.2, 0.25) is 0 Å². The number of methoxy groups -OCH3 is 1. The highest BCUT2D eigenvalue weighted by Crippen LogP contribution is 2.17. The van der Waals surface area contributed by atoms with Crippen LogP contribution in [0.25, 0.3) is 11.0 Å². The lowest BCUT2D eigenvalue weighted by molar-refractivity contribution is 0.149. The van der Waals surface area contributed by atoms with E-state index in [2.05, 4.69) is 42.1 Å². The van der Waals surface area contributed by atoms with E-state index in [1.165, 1.54) is 5.52 Å². The fourth-order valence-electron chi connectivity index (χ4n) is 2.74. The zero-order chi connectivity index (χ0) is 14.5. The second kappa shape index (κ2) is 6.86. The standard InChI is InChI=1S/C16H25N3O/c1-12(11-20-4)9-13(17-2)10-16-18-14-7-5-6-8-15(14)19(16)3/h5-8,12-13,17H,9-11H2,1-4H3. The Balaban J connectivity index is 2.11. The molecule has 2 rings (SSSR count). The first-order valence-electron chi connectivity index (χ1n) is 7.22. The lowest BCUT2D eigenvalue weighted by atomic mass is 10.00. The number of likely N-dealkylation sites (N-methyl/N-ethyl adjacent to an activating group) is 1. The third-order valence-electron chi connectivity index (χ3n) is 3.86. The molecule has 20 heavy (non-hydrogen) atoms. The Hall–Kier alpha value is -1.39. The molecule has 0 aliphatic heterocycles. The summed E-state index contributed by atoms with van der Waals surface area (Å²) in [6, 6.07) is 8.71. The van der Waals surface area contributed by atoms with Crippen molar-refractivity contribution in [1.29, 1.82) is 0 Å². The van der Waals surface area contributed by atoms with E-state index < -0.39 is 0 Å². The topological polar surface area (TPSA) is 39.1 Å². The molecule has 0 bridgehead atoms. The van der Waals surface area contributed by atoms with Gasteiger partial charge in [-0.15, -0.1) is 0 Å². The number of imidazole rings is 1. The van der Waals surface area contributed by atoms with Crippen LogP contribution in [0.2, 0.25) is 0 Å². The van der Waals surface area contributed by atoms with Crippen LogP contribution in [0.4, 0.5) is 0 Å². The van der Waals surface area contributed by atoms with Crippen molar-refractivity contribution in [2.45, 2.75) is 25.8 Å². The maximum absolute atomic E-state index is 5.22. The van der Waals surface area contributed by atoms with Gasteiger partial charge in [0, 0.05) is 33.2 Å². The Bertz CT molecular complexity index is 550. The molecule has 1 heterocycles. The minimum Gasteiger partial charge on any atom is -0.384 e. The predicted molar refractivity (Wildman–Crippen MR) is 82.9 cm³/mol. The molecule has 4 heteroatoms. The SMILES string of the molecule is CNC(Cc1nc2ccccc2n1C)CC(C)COC. The largest absolute Gasteiger partial charge is 0.384 e. The number of rotatable bonds is 7. The van der Waals surface area contributed by atoms with Crippen molar-refractivity contribution >= 4 is 11.0 Å². The molecule has 4 nitrogen and oxygen atoms in total. The van der Waals surface area contributed by atoms with Crippen LogP contribution in [-0.2, 0) is 18.2 Å². The Morgan fingerprint density at radius 1 is 1.35 bits per heavy atom. The van der Waals surface area contributed by atoms with Crippen molar-refractivity contribution in [3.8, 4) is 0 Å². The fraction of sp³-hybridized carbons (Fsp3) is 0.562. The maximum atomic E-state index is 5.22. The van der Waals surface area contributed by atoms with E-state index in [-0.39, 0.29) is 0 Å². The summed E-state index contributed by atoms with van der Waals surface area (Å²) in [6.07, 6.45) is 2.03. The maximum Gasteiger partial charge on any atom is 0.111 e. The average molecular weight is 275 g/mol. The van der Waals surface area contributed by atoms with Gasteiger partial charge < -0.3 is 14.6 Å². The van der Waals surface area contributed by atoms with Crippen molar-refractivity contribution in [3.05, 3.63) is 30.1 Å². The zero-order valence-electron chi connectivity index (χ0n) is 12.9. The molecule has 0 aliphatic carbocycles. The summed E-state index contributed by atoms with van der Waals surface area (Å²) in [7, 11) is 5.87. The van der Waals surface area contributed by atoms with Gasteiger partial charge in [-0.05, 0) is 31.5 Å². The molecule has 0 saturated heterocycles. The third kappa shape index (κ3) is 3.38. The van der Waals surface area contributed by atoms with Gasteiger partial charge in [0.25, 0.3) is 0 Å². The molecular weight excluding hydrogens is 250 g/mol. The third-order valence-corrected chi connectivity index (χ3v) is 3.86. The number of nitrogens with one attached hydrogen (secondary N) is 1. The first-order valence-corrected chi connectivity index (χ1v) is 7.22. The van der Waals surface area contributed by atoms with Gasteiger partial charge in [0.15, 0.2) is 0 Å². The number of hydrogen-bond acceptors (Lipinski definition) is 3. The van der Waals surface area contributed by atoms with Crippen LogP contribution in [0.1, 0.15) is 19.2 Å². The fourth-order valence-corrected chi connectivity index (χ4v) is 2.74.